The van der Waals surface area contributed by atoms with Crippen molar-refractivity contribution in [2.45, 2.75) is 38.6 Å². The highest BCUT2D eigenvalue weighted by Gasteiger charge is 2.15. The van der Waals surface area contributed by atoms with Crippen LogP contribution < -0.4 is 5.32 Å². The van der Waals surface area contributed by atoms with Crippen molar-refractivity contribution in [2.75, 3.05) is 6.61 Å². The van der Waals surface area contributed by atoms with Gasteiger partial charge >= 0.3 is 12.1 Å². The molecule has 0 aromatic rings. The molecule has 16 heavy (non-hydrogen) atoms. The molecule has 0 rings (SSSR count). The summed E-state index contributed by atoms with van der Waals surface area (Å²) in [6.07, 6.45) is 3.26. The second kappa shape index (κ2) is 8.76. The highest BCUT2D eigenvalue weighted by Crippen LogP contribution is 2.05. The van der Waals surface area contributed by atoms with Crippen LogP contribution in [0, 0.1) is 0 Å². The van der Waals surface area contributed by atoms with Gasteiger partial charge in [0.1, 0.15) is 6.61 Å². The maximum atomic E-state index is 11.2. The SMILES string of the molecule is C=CCOC(=O)N[C@@H](CCCC)CC(=O)O. The van der Waals surface area contributed by atoms with Crippen molar-refractivity contribution < 1.29 is 19.4 Å². The van der Waals surface area contributed by atoms with Crippen molar-refractivity contribution in [1.29, 1.82) is 0 Å². The summed E-state index contributed by atoms with van der Waals surface area (Å²) in [5.41, 5.74) is 0. The molecule has 5 nitrogen and oxygen atoms in total. The molecule has 5 heteroatoms. The van der Waals surface area contributed by atoms with Gasteiger partial charge in [-0.2, -0.15) is 0 Å². The van der Waals surface area contributed by atoms with Gasteiger partial charge in [0, 0.05) is 6.04 Å². The Balaban J connectivity index is 4.02. The number of hydrogen-bond acceptors (Lipinski definition) is 3. The number of ether oxygens (including phenoxy) is 1. The van der Waals surface area contributed by atoms with Gasteiger partial charge < -0.3 is 15.2 Å². The van der Waals surface area contributed by atoms with Crippen molar-refractivity contribution in [2.24, 2.45) is 0 Å². The maximum absolute atomic E-state index is 11.2. The first-order chi connectivity index (χ1) is 7.60. The van der Waals surface area contributed by atoms with E-state index in [4.69, 9.17) is 9.84 Å². The lowest BCUT2D eigenvalue weighted by Crippen LogP contribution is -2.36. The molecule has 0 unspecified atom stereocenters. The minimum Gasteiger partial charge on any atom is -0.481 e. The minimum absolute atomic E-state index is 0.0802. The van der Waals surface area contributed by atoms with Crippen LogP contribution in [0.1, 0.15) is 32.6 Å². The van der Waals surface area contributed by atoms with E-state index in [2.05, 4.69) is 11.9 Å². The molecular formula is C11H19NO4. The zero-order chi connectivity index (χ0) is 12.4. The van der Waals surface area contributed by atoms with Crippen LogP contribution >= 0.6 is 0 Å². The molecule has 1 amide bonds. The van der Waals surface area contributed by atoms with Crippen LogP contribution in [0.15, 0.2) is 12.7 Å². The Hall–Kier alpha value is -1.52. The van der Waals surface area contributed by atoms with E-state index in [1.807, 2.05) is 6.92 Å². The highest BCUT2D eigenvalue weighted by atomic mass is 16.5. The molecule has 1 atom stereocenters. The van der Waals surface area contributed by atoms with Gasteiger partial charge in [-0.05, 0) is 6.42 Å². The van der Waals surface area contributed by atoms with Gasteiger partial charge in [-0.25, -0.2) is 4.79 Å². The van der Waals surface area contributed by atoms with Crippen LogP contribution in [0.4, 0.5) is 4.79 Å². The lowest BCUT2D eigenvalue weighted by molar-refractivity contribution is -0.137. The number of unbranched alkanes of at least 4 members (excludes halogenated alkanes) is 1. The topological polar surface area (TPSA) is 75.6 Å². The van der Waals surface area contributed by atoms with E-state index in [0.717, 1.165) is 12.8 Å². The third-order valence-corrected chi connectivity index (χ3v) is 1.98. The average molecular weight is 229 g/mol. The van der Waals surface area contributed by atoms with Crippen molar-refractivity contribution in [3.63, 3.8) is 0 Å². The average Bonchev–Trinajstić information content (AvgIpc) is 2.22. The van der Waals surface area contributed by atoms with Crippen LogP contribution in [0.5, 0.6) is 0 Å². The van der Waals surface area contributed by atoms with E-state index in [9.17, 15) is 9.59 Å². The largest absolute Gasteiger partial charge is 0.481 e. The number of alkyl carbamates (subject to hydrolysis) is 1. The van der Waals surface area contributed by atoms with Crippen LogP contribution in [0.2, 0.25) is 0 Å². The summed E-state index contributed by atoms with van der Waals surface area (Å²) in [4.78, 5) is 21.7. The van der Waals surface area contributed by atoms with Gasteiger partial charge in [0.05, 0.1) is 6.42 Å². The molecule has 0 fully saturated rings. The fraction of sp³-hybridized carbons (Fsp3) is 0.636. The number of carboxylic acid groups (broad SMARTS) is 1. The lowest BCUT2D eigenvalue weighted by Gasteiger charge is -2.15. The summed E-state index contributed by atoms with van der Waals surface area (Å²) in [7, 11) is 0. The van der Waals surface area contributed by atoms with E-state index in [-0.39, 0.29) is 19.1 Å². The smallest absolute Gasteiger partial charge is 0.407 e. The minimum atomic E-state index is -0.926. The standard InChI is InChI=1S/C11H19NO4/c1-3-5-6-9(8-10(13)14)12-11(15)16-7-4-2/h4,9H,2-3,5-8H2,1H3,(H,12,15)(H,13,14)/t9-/m0/s1. The summed E-state index contributed by atoms with van der Waals surface area (Å²) >= 11 is 0. The molecular weight excluding hydrogens is 210 g/mol. The van der Waals surface area contributed by atoms with Crippen molar-refractivity contribution in [1.82, 2.24) is 5.32 Å². The van der Waals surface area contributed by atoms with Gasteiger partial charge in [0.25, 0.3) is 0 Å². The highest BCUT2D eigenvalue weighted by molar-refractivity contribution is 5.71. The van der Waals surface area contributed by atoms with Gasteiger partial charge in [-0.3, -0.25) is 4.79 Å². The third-order valence-electron chi connectivity index (χ3n) is 1.98. The van der Waals surface area contributed by atoms with Crippen LogP contribution in [-0.2, 0) is 9.53 Å². The normalized spacial score (nSPS) is 11.6. The molecule has 0 radical (unpaired) electrons. The predicted octanol–water partition coefficient (Wildman–Crippen LogP) is 1.93. The second-order valence-electron chi connectivity index (χ2n) is 3.47. The third kappa shape index (κ3) is 7.84. The number of rotatable bonds is 8. The Labute approximate surface area is 95.5 Å². The van der Waals surface area contributed by atoms with Crippen molar-refractivity contribution in [3.8, 4) is 0 Å². The van der Waals surface area contributed by atoms with Gasteiger partial charge in [-0.1, -0.05) is 32.4 Å². The molecule has 0 heterocycles. The number of carbonyl (C=O) groups is 2. The van der Waals surface area contributed by atoms with Gasteiger partial charge in [0.15, 0.2) is 0 Å². The first-order valence-electron chi connectivity index (χ1n) is 5.36. The summed E-state index contributed by atoms with van der Waals surface area (Å²) in [6, 6.07) is -0.366. The molecule has 0 aliphatic heterocycles. The molecule has 0 aliphatic rings. The molecule has 0 aliphatic carbocycles. The number of nitrogens with one attached hydrogen (secondary N) is 1. The van der Waals surface area contributed by atoms with Gasteiger partial charge in [-0.15, -0.1) is 0 Å². The summed E-state index contributed by atoms with van der Waals surface area (Å²) in [6.45, 7) is 5.54. The second-order valence-corrected chi connectivity index (χ2v) is 3.47. The van der Waals surface area contributed by atoms with E-state index in [1.54, 1.807) is 0 Å². The molecule has 0 aromatic carbocycles. The maximum Gasteiger partial charge on any atom is 0.407 e. The Morgan fingerprint density at radius 1 is 1.56 bits per heavy atom. The monoisotopic (exact) mass is 229 g/mol. The zero-order valence-corrected chi connectivity index (χ0v) is 9.57. The molecule has 0 saturated heterocycles. The Kier molecular flexibility index (Phi) is 7.93. The molecule has 0 aromatic heterocycles. The predicted molar refractivity (Wildman–Crippen MR) is 60.2 cm³/mol. The van der Waals surface area contributed by atoms with Crippen molar-refractivity contribution in [3.05, 3.63) is 12.7 Å². The van der Waals surface area contributed by atoms with Crippen LogP contribution in [-0.4, -0.2) is 29.8 Å². The summed E-state index contributed by atoms with van der Waals surface area (Å²) in [5.74, 6) is -0.926. The number of amides is 1. The number of carbonyl (C=O) groups excluding carboxylic acids is 1. The Bertz CT molecular complexity index is 240. The molecule has 0 spiro atoms. The Morgan fingerprint density at radius 3 is 2.75 bits per heavy atom. The van der Waals surface area contributed by atoms with Crippen molar-refractivity contribution >= 4 is 12.1 Å². The molecule has 92 valence electrons. The number of carboxylic acids is 1. The quantitative estimate of drug-likeness (QED) is 0.623. The van der Waals surface area contributed by atoms with E-state index in [1.165, 1.54) is 6.08 Å². The molecule has 0 saturated carbocycles. The van der Waals surface area contributed by atoms with E-state index in [0.29, 0.717) is 6.42 Å². The number of aliphatic carboxylic acids is 1. The Morgan fingerprint density at radius 2 is 2.25 bits per heavy atom. The fourth-order valence-electron chi connectivity index (χ4n) is 1.23. The fourth-order valence-corrected chi connectivity index (χ4v) is 1.23. The van der Waals surface area contributed by atoms with Crippen LogP contribution in [0.3, 0.4) is 0 Å². The van der Waals surface area contributed by atoms with E-state index < -0.39 is 12.1 Å². The lowest BCUT2D eigenvalue weighted by atomic mass is 10.1. The van der Waals surface area contributed by atoms with Gasteiger partial charge in [0.2, 0.25) is 0 Å². The summed E-state index contributed by atoms with van der Waals surface area (Å²) in [5, 5.41) is 11.2. The molecule has 0 bridgehead atoms. The summed E-state index contributed by atoms with van der Waals surface area (Å²) < 4.78 is 4.72. The van der Waals surface area contributed by atoms with Crippen LogP contribution in [0.25, 0.3) is 0 Å². The van der Waals surface area contributed by atoms with E-state index >= 15 is 0 Å². The first-order valence-corrected chi connectivity index (χ1v) is 5.36. The molecule has 2 N–H and O–H groups in total. The zero-order valence-electron chi connectivity index (χ0n) is 9.57. The first kappa shape index (κ1) is 14.5. The number of hydrogen-bond donors (Lipinski definition) is 2.